The molecule has 27 heavy (non-hydrogen) atoms. The van der Waals surface area contributed by atoms with Crippen LogP contribution in [0.4, 0.5) is 0 Å². The van der Waals surface area contributed by atoms with Gasteiger partial charge in [-0.25, -0.2) is 0 Å². The maximum Gasteiger partial charge on any atom is 0.237 e. The number of carbonyl (C=O) groups is 1. The molecule has 1 saturated heterocycles. The van der Waals surface area contributed by atoms with Crippen LogP contribution in [0.25, 0.3) is 0 Å². The third kappa shape index (κ3) is 6.74. The van der Waals surface area contributed by atoms with E-state index in [0.717, 1.165) is 32.4 Å². The summed E-state index contributed by atoms with van der Waals surface area (Å²) in [6.45, 7) is 9.89. The highest BCUT2D eigenvalue weighted by Gasteiger charge is 2.33. The monoisotopic (exact) mass is 372 g/mol. The summed E-state index contributed by atoms with van der Waals surface area (Å²) in [4.78, 5) is 26.1. The van der Waals surface area contributed by atoms with Gasteiger partial charge in [0.25, 0.3) is 0 Å². The minimum absolute atomic E-state index is 0.0439. The van der Waals surface area contributed by atoms with Gasteiger partial charge in [-0.05, 0) is 37.3 Å². The van der Waals surface area contributed by atoms with E-state index in [1.165, 1.54) is 5.56 Å². The highest BCUT2D eigenvalue weighted by atomic mass is 16.2. The molecule has 0 spiro atoms. The molecule has 0 bridgehead atoms. The van der Waals surface area contributed by atoms with E-state index in [9.17, 15) is 9.59 Å². The zero-order valence-corrected chi connectivity index (χ0v) is 17.1. The third-order valence-corrected chi connectivity index (χ3v) is 5.11. The Morgan fingerprint density at radius 1 is 1.22 bits per heavy atom. The van der Waals surface area contributed by atoms with E-state index in [0.29, 0.717) is 6.04 Å². The lowest BCUT2D eigenvalue weighted by Gasteiger charge is -2.31. The maximum absolute atomic E-state index is 12.7. The fourth-order valence-corrected chi connectivity index (χ4v) is 3.75. The Morgan fingerprint density at radius 3 is 2.52 bits per heavy atom. The van der Waals surface area contributed by atoms with E-state index < -0.39 is 6.04 Å². The molecule has 2 rings (SSSR count). The standard InChI is InChI=1S/C22H34N3O2/c1-16(2)20(15-26)24-22(27)21-11-8-12-25(21)14-19(23-17(3)4)13-18-9-6-5-7-10-18/h5-7,9-10,16-17,19-21,23H,8,11-14H2,1-4H3,(H,24,27). The second kappa shape index (κ2) is 10.6. The summed E-state index contributed by atoms with van der Waals surface area (Å²) in [6, 6.07) is 10.4. The zero-order valence-electron chi connectivity index (χ0n) is 17.1. The van der Waals surface area contributed by atoms with Gasteiger partial charge in [0.2, 0.25) is 12.2 Å². The predicted molar refractivity (Wildman–Crippen MR) is 109 cm³/mol. The van der Waals surface area contributed by atoms with E-state index in [1.807, 2.05) is 26.2 Å². The van der Waals surface area contributed by atoms with Crippen LogP contribution < -0.4 is 10.6 Å². The van der Waals surface area contributed by atoms with Crippen LogP contribution in [0.15, 0.2) is 30.3 Å². The lowest BCUT2D eigenvalue weighted by Crippen LogP contribution is -2.52. The Balaban J connectivity index is 2.02. The number of hydrogen-bond acceptors (Lipinski definition) is 4. The van der Waals surface area contributed by atoms with Gasteiger partial charge in [0.05, 0.1) is 12.1 Å². The number of nitrogens with one attached hydrogen (secondary N) is 2. The molecule has 1 aliphatic rings. The fraction of sp³-hybridized carbons (Fsp3) is 0.636. The minimum atomic E-state index is -0.533. The van der Waals surface area contributed by atoms with Crippen LogP contribution in [0.1, 0.15) is 46.1 Å². The Hall–Kier alpha value is -1.72. The Bertz CT molecular complexity index is 588. The molecule has 1 aromatic carbocycles. The average molecular weight is 373 g/mol. The molecule has 3 atom stereocenters. The molecule has 149 valence electrons. The molecule has 0 saturated carbocycles. The van der Waals surface area contributed by atoms with Crippen molar-refractivity contribution in [2.75, 3.05) is 13.1 Å². The van der Waals surface area contributed by atoms with Crippen LogP contribution in [0.5, 0.6) is 0 Å². The third-order valence-electron chi connectivity index (χ3n) is 5.11. The van der Waals surface area contributed by atoms with Crippen molar-refractivity contribution in [3.05, 3.63) is 35.9 Å². The van der Waals surface area contributed by atoms with Crippen LogP contribution in [-0.4, -0.2) is 54.4 Å². The van der Waals surface area contributed by atoms with E-state index in [1.54, 1.807) is 0 Å². The van der Waals surface area contributed by atoms with Crippen molar-refractivity contribution in [3.8, 4) is 0 Å². The SMILES string of the molecule is CC(C)NC(Cc1ccccc1)CN1CCCC1C(=O)NC([C]=O)C(C)C. The Morgan fingerprint density at radius 2 is 1.93 bits per heavy atom. The number of nitrogens with zero attached hydrogens (tertiary/aromatic N) is 1. The van der Waals surface area contributed by atoms with Crippen molar-refractivity contribution in [3.63, 3.8) is 0 Å². The second-order valence-electron chi connectivity index (χ2n) is 8.21. The first-order chi connectivity index (χ1) is 12.9. The van der Waals surface area contributed by atoms with Crippen molar-refractivity contribution in [1.29, 1.82) is 0 Å². The van der Waals surface area contributed by atoms with Crippen LogP contribution in [0.3, 0.4) is 0 Å². The number of rotatable bonds is 10. The molecular weight excluding hydrogens is 338 g/mol. The normalized spacial score (nSPS) is 20.0. The van der Waals surface area contributed by atoms with E-state index in [4.69, 9.17) is 0 Å². The summed E-state index contributed by atoms with van der Waals surface area (Å²) in [5.74, 6) is 0.00676. The molecule has 3 unspecified atom stereocenters. The lowest BCUT2D eigenvalue weighted by atomic mass is 10.0. The Kier molecular flexibility index (Phi) is 8.45. The first-order valence-corrected chi connectivity index (χ1v) is 10.1. The highest BCUT2D eigenvalue weighted by Crippen LogP contribution is 2.19. The number of amides is 1. The van der Waals surface area contributed by atoms with Crippen molar-refractivity contribution in [2.45, 2.75) is 71.1 Å². The van der Waals surface area contributed by atoms with E-state index in [2.05, 4.69) is 53.6 Å². The van der Waals surface area contributed by atoms with E-state index >= 15 is 0 Å². The van der Waals surface area contributed by atoms with Crippen LogP contribution >= 0.6 is 0 Å². The first-order valence-electron chi connectivity index (χ1n) is 10.1. The van der Waals surface area contributed by atoms with E-state index in [-0.39, 0.29) is 23.9 Å². The first kappa shape index (κ1) is 21.6. The molecular formula is C22H34N3O2. The number of benzene rings is 1. The molecule has 1 aromatic rings. The summed E-state index contributed by atoms with van der Waals surface area (Å²) in [5.41, 5.74) is 1.30. The average Bonchev–Trinajstić information content (AvgIpc) is 3.07. The molecule has 1 fully saturated rings. The summed E-state index contributed by atoms with van der Waals surface area (Å²) in [7, 11) is 0. The van der Waals surface area contributed by atoms with Crippen molar-refractivity contribution in [1.82, 2.24) is 15.5 Å². The van der Waals surface area contributed by atoms with Crippen LogP contribution in [0.2, 0.25) is 0 Å². The summed E-state index contributed by atoms with van der Waals surface area (Å²) in [5, 5.41) is 6.53. The van der Waals surface area contributed by atoms with Gasteiger partial charge in [-0.3, -0.25) is 14.5 Å². The molecule has 1 radical (unpaired) electrons. The molecule has 1 amide bonds. The number of hydrogen-bond donors (Lipinski definition) is 2. The second-order valence-corrected chi connectivity index (χ2v) is 8.21. The van der Waals surface area contributed by atoms with Crippen LogP contribution in [-0.2, 0) is 16.0 Å². The van der Waals surface area contributed by atoms with Gasteiger partial charge in [0.15, 0.2) is 0 Å². The number of carbonyl (C=O) groups excluding carboxylic acids is 2. The quantitative estimate of drug-likeness (QED) is 0.662. The largest absolute Gasteiger partial charge is 0.344 e. The smallest absolute Gasteiger partial charge is 0.237 e. The summed E-state index contributed by atoms with van der Waals surface area (Å²) >= 11 is 0. The minimum Gasteiger partial charge on any atom is -0.344 e. The fourth-order valence-electron chi connectivity index (χ4n) is 3.75. The topological polar surface area (TPSA) is 61.4 Å². The zero-order chi connectivity index (χ0) is 19.8. The molecule has 5 heteroatoms. The van der Waals surface area contributed by atoms with Gasteiger partial charge >= 0.3 is 0 Å². The maximum atomic E-state index is 12.7. The van der Waals surface area contributed by atoms with Gasteiger partial charge in [0.1, 0.15) is 0 Å². The van der Waals surface area contributed by atoms with Crippen molar-refractivity contribution in [2.24, 2.45) is 5.92 Å². The highest BCUT2D eigenvalue weighted by molar-refractivity contribution is 5.84. The Labute approximate surface area is 163 Å². The van der Waals surface area contributed by atoms with Crippen molar-refractivity contribution < 1.29 is 9.59 Å². The van der Waals surface area contributed by atoms with Crippen LogP contribution in [0, 0.1) is 5.92 Å². The van der Waals surface area contributed by atoms with Gasteiger partial charge < -0.3 is 10.6 Å². The van der Waals surface area contributed by atoms with Gasteiger partial charge in [-0.2, -0.15) is 0 Å². The molecule has 2 N–H and O–H groups in total. The molecule has 5 nitrogen and oxygen atoms in total. The van der Waals surface area contributed by atoms with Crippen molar-refractivity contribution >= 4 is 12.2 Å². The molecule has 1 aliphatic heterocycles. The number of likely N-dealkylation sites (tertiary alicyclic amines) is 1. The molecule has 1 heterocycles. The summed E-state index contributed by atoms with van der Waals surface area (Å²) < 4.78 is 0. The lowest BCUT2D eigenvalue weighted by molar-refractivity contribution is -0.126. The van der Waals surface area contributed by atoms with Gasteiger partial charge in [0, 0.05) is 18.6 Å². The van der Waals surface area contributed by atoms with Gasteiger partial charge in [-0.1, -0.05) is 58.0 Å². The summed E-state index contributed by atoms with van der Waals surface area (Å²) in [6.07, 6.45) is 4.74. The molecule has 0 aromatic heterocycles. The van der Waals surface area contributed by atoms with Gasteiger partial charge in [-0.15, -0.1) is 0 Å². The molecule has 0 aliphatic carbocycles. The predicted octanol–water partition coefficient (Wildman–Crippen LogP) is 2.31.